The maximum Gasteiger partial charge on any atom is 0.332 e. The van der Waals surface area contributed by atoms with E-state index in [1.807, 2.05) is 18.4 Å². The van der Waals surface area contributed by atoms with Gasteiger partial charge in [-0.2, -0.15) is 8.42 Å². The van der Waals surface area contributed by atoms with Crippen molar-refractivity contribution in [3.05, 3.63) is 27.2 Å². The molecular formula is C23H37N5O6S. The van der Waals surface area contributed by atoms with Crippen LogP contribution in [0.4, 0.5) is 0 Å². The van der Waals surface area contributed by atoms with Crippen LogP contribution in [0, 0.1) is 16.7 Å². The highest BCUT2D eigenvalue weighted by atomic mass is 32.2. The third kappa shape index (κ3) is 4.75. The standard InChI is InChI=1S/C13H21N5O2.C10H16O4S/c1-5-17(6-2)7-8-18-9-14-11-10(18)12(19)16(4)13(20)15(11)3;1-9(2)7-3-4-10(9,8(11)5-7)6-15(12,13)14/h9H,5-8H2,1-4H3;7H,3-6H2,1-2H3,(H,12,13,14)/t;7-,10-/m.0/s1. The molecule has 196 valence electrons. The quantitative estimate of drug-likeness (QED) is 0.545. The van der Waals surface area contributed by atoms with Gasteiger partial charge in [-0.3, -0.25) is 23.3 Å². The zero-order valence-corrected chi connectivity index (χ0v) is 22.3. The largest absolute Gasteiger partial charge is 0.332 e. The molecule has 0 spiro atoms. The molecule has 35 heavy (non-hydrogen) atoms. The van der Waals surface area contributed by atoms with Gasteiger partial charge in [-0.15, -0.1) is 0 Å². The fourth-order valence-electron chi connectivity index (χ4n) is 5.78. The first-order chi connectivity index (χ1) is 16.2. The van der Waals surface area contributed by atoms with E-state index in [-0.39, 0.29) is 28.4 Å². The molecule has 0 amide bonds. The normalized spacial score (nSPS) is 23.2. The van der Waals surface area contributed by atoms with Gasteiger partial charge >= 0.3 is 5.69 Å². The third-order valence-electron chi connectivity index (χ3n) is 8.34. The second-order valence-electron chi connectivity index (χ2n) is 10.2. The molecule has 2 aromatic heterocycles. The predicted octanol–water partition coefficient (Wildman–Crippen LogP) is 1.05. The lowest BCUT2D eigenvalue weighted by molar-refractivity contribution is -0.128. The summed E-state index contributed by atoms with van der Waals surface area (Å²) in [6, 6.07) is 0. The Labute approximate surface area is 205 Å². The number of hydrogen-bond acceptors (Lipinski definition) is 7. The van der Waals surface area contributed by atoms with E-state index in [1.54, 1.807) is 13.4 Å². The molecule has 4 rings (SSSR count). The molecular weight excluding hydrogens is 474 g/mol. The van der Waals surface area contributed by atoms with E-state index in [0.29, 0.717) is 30.6 Å². The summed E-state index contributed by atoms with van der Waals surface area (Å²) in [4.78, 5) is 42.4. The number of nitrogens with zero attached hydrogens (tertiary/aromatic N) is 5. The van der Waals surface area contributed by atoms with Crippen LogP contribution in [0.15, 0.2) is 15.9 Å². The summed E-state index contributed by atoms with van der Waals surface area (Å²) < 4.78 is 35.3. The van der Waals surface area contributed by atoms with Crippen LogP contribution >= 0.6 is 0 Å². The number of fused-ring (bicyclic) bond motifs is 3. The Morgan fingerprint density at radius 3 is 2.26 bits per heavy atom. The van der Waals surface area contributed by atoms with E-state index in [9.17, 15) is 22.8 Å². The fraction of sp³-hybridized carbons (Fsp3) is 0.739. The topological polar surface area (TPSA) is 136 Å². The van der Waals surface area contributed by atoms with Gasteiger partial charge in [-0.05, 0) is 37.3 Å². The van der Waals surface area contributed by atoms with Gasteiger partial charge in [0.1, 0.15) is 5.78 Å². The molecule has 2 bridgehead atoms. The highest BCUT2D eigenvalue weighted by Gasteiger charge is 2.65. The van der Waals surface area contributed by atoms with Crippen LogP contribution in [-0.2, 0) is 35.6 Å². The van der Waals surface area contributed by atoms with Crippen molar-refractivity contribution in [2.24, 2.45) is 30.8 Å². The van der Waals surface area contributed by atoms with Gasteiger partial charge in [0.05, 0.1) is 17.5 Å². The molecule has 2 saturated carbocycles. The van der Waals surface area contributed by atoms with E-state index in [4.69, 9.17) is 4.55 Å². The number of aromatic nitrogens is 4. The molecule has 2 atom stereocenters. The number of ketones is 1. The van der Waals surface area contributed by atoms with E-state index >= 15 is 0 Å². The lowest BCUT2D eigenvalue weighted by Gasteiger charge is -2.35. The van der Waals surface area contributed by atoms with Crippen LogP contribution < -0.4 is 11.2 Å². The SMILES string of the molecule is CC1(C)[C@H]2CC[C@]1(CS(=O)(=O)O)C(=O)C2.CCN(CC)CCn1cnc2c1c(=O)n(C)c(=O)n2C. The van der Waals surface area contributed by atoms with Crippen LogP contribution in [0.1, 0.15) is 47.0 Å². The maximum absolute atomic E-state index is 12.2. The smallest absolute Gasteiger partial charge is 0.323 e. The number of aryl methyl sites for hydroxylation is 1. The van der Waals surface area contributed by atoms with Crippen LogP contribution in [0.25, 0.3) is 11.2 Å². The number of Topliss-reactive ketones (excluding diaryl/α,β-unsaturated/α-hetero) is 1. The number of carbonyl (C=O) groups excluding carboxylic acids is 1. The highest BCUT2D eigenvalue weighted by molar-refractivity contribution is 7.85. The zero-order chi connectivity index (χ0) is 26.3. The van der Waals surface area contributed by atoms with E-state index in [0.717, 1.165) is 30.6 Å². The number of carbonyl (C=O) groups is 1. The van der Waals surface area contributed by atoms with Gasteiger partial charge < -0.3 is 9.47 Å². The van der Waals surface area contributed by atoms with E-state index in [1.165, 1.54) is 11.6 Å². The molecule has 0 aliphatic heterocycles. The predicted molar refractivity (Wildman–Crippen MR) is 133 cm³/mol. The summed E-state index contributed by atoms with van der Waals surface area (Å²) in [6.07, 6.45) is 3.61. The van der Waals surface area contributed by atoms with Gasteiger partial charge in [0.2, 0.25) is 0 Å². The molecule has 11 nitrogen and oxygen atoms in total. The first kappa shape index (κ1) is 27.3. The minimum Gasteiger partial charge on any atom is -0.323 e. The van der Waals surface area contributed by atoms with Crippen LogP contribution in [0.5, 0.6) is 0 Å². The van der Waals surface area contributed by atoms with Crippen molar-refractivity contribution >= 4 is 27.1 Å². The molecule has 2 aliphatic carbocycles. The first-order valence-corrected chi connectivity index (χ1v) is 13.6. The van der Waals surface area contributed by atoms with Crippen LogP contribution in [0.3, 0.4) is 0 Å². The second-order valence-corrected chi connectivity index (χ2v) is 11.7. The number of rotatable bonds is 7. The van der Waals surface area contributed by atoms with Crippen molar-refractivity contribution in [2.75, 3.05) is 25.4 Å². The molecule has 1 N–H and O–H groups in total. The molecule has 0 unspecified atom stereocenters. The Kier molecular flexibility index (Phi) is 7.50. The van der Waals surface area contributed by atoms with Crippen LogP contribution in [0.2, 0.25) is 0 Å². The van der Waals surface area contributed by atoms with Gasteiger partial charge in [-0.25, -0.2) is 9.78 Å². The molecule has 0 aromatic carbocycles. The number of imidazole rings is 1. The minimum absolute atomic E-state index is 0.0152. The number of hydrogen-bond donors (Lipinski definition) is 1. The van der Waals surface area contributed by atoms with Gasteiger partial charge in [-0.1, -0.05) is 27.7 Å². The van der Waals surface area contributed by atoms with E-state index in [2.05, 4.69) is 23.7 Å². The van der Waals surface area contributed by atoms with Crippen molar-refractivity contribution in [2.45, 2.75) is 53.5 Å². The average Bonchev–Trinajstić information content (AvgIpc) is 3.36. The highest BCUT2D eigenvalue weighted by Crippen LogP contribution is 2.64. The molecule has 2 aliphatic rings. The fourth-order valence-corrected chi connectivity index (χ4v) is 7.08. The summed E-state index contributed by atoms with van der Waals surface area (Å²) in [5.74, 6) is -0.101. The Balaban J connectivity index is 0.000000203. The van der Waals surface area contributed by atoms with Crippen molar-refractivity contribution in [3.63, 3.8) is 0 Å². The molecule has 2 heterocycles. The van der Waals surface area contributed by atoms with Crippen LogP contribution in [-0.4, -0.2) is 67.7 Å². The zero-order valence-electron chi connectivity index (χ0n) is 21.4. The lowest BCUT2D eigenvalue weighted by Crippen LogP contribution is -2.42. The third-order valence-corrected chi connectivity index (χ3v) is 9.19. The Hall–Kier alpha value is -2.31. The molecule has 2 fully saturated rings. The van der Waals surface area contributed by atoms with Crippen molar-refractivity contribution in [1.29, 1.82) is 0 Å². The molecule has 12 heteroatoms. The lowest BCUT2D eigenvalue weighted by atomic mass is 9.70. The van der Waals surface area contributed by atoms with Crippen molar-refractivity contribution < 1.29 is 17.8 Å². The summed E-state index contributed by atoms with van der Waals surface area (Å²) in [6.45, 7) is 11.6. The van der Waals surface area contributed by atoms with Gasteiger partial charge in [0.15, 0.2) is 11.2 Å². The summed E-state index contributed by atoms with van der Waals surface area (Å²) in [5.41, 5.74) is -0.832. The summed E-state index contributed by atoms with van der Waals surface area (Å²) in [7, 11) is -0.954. The van der Waals surface area contributed by atoms with Gasteiger partial charge in [0.25, 0.3) is 15.7 Å². The van der Waals surface area contributed by atoms with E-state index < -0.39 is 21.3 Å². The van der Waals surface area contributed by atoms with Crippen molar-refractivity contribution in [1.82, 2.24) is 23.6 Å². The monoisotopic (exact) mass is 511 g/mol. The van der Waals surface area contributed by atoms with Gasteiger partial charge in [0, 0.05) is 33.6 Å². The van der Waals surface area contributed by atoms with Crippen molar-refractivity contribution in [3.8, 4) is 0 Å². The second kappa shape index (κ2) is 9.62. The number of likely N-dealkylation sites (N-methyl/N-ethyl adjacent to an activating group) is 1. The maximum atomic E-state index is 12.2. The Bertz CT molecular complexity index is 1330. The molecule has 0 radical (unpaired) electrons. The minimum atomic E-state index is -4.08. The molecule has 2 aromatic rings. The first-order valence-electron chi connectivity index (χ1n) is 12.0. The summed E-state index contributed by atoms with van der Waals surface area (Å²) >= 11 is 0. The Morgan fingerprint density at radius 2 is 1.77 bits per heavy atom. The average molecular weight is 512 g/mol. The Morgan fingerprint density at radius 1 is 1.14 bits per heavy atom. The molecule has 0 saturated heterocycles. The summed E-state index contributed by atoms with van der Waals surface area (Å²) in [5, 5.41) is 0.